The zero-order valence-electron chi connectivity index (χ0n) is 7.77. The molecule has 1 saturated carbocycles. The normalized spacial score (nSPS) is 20.6. The van der Waals surface area contributed by atoms with Crippen molar-refractivity contribution in [3.63, 3.8) is 0 Å². The van der Waals surface area contributed by atoms with E-state index in [0.29, 0.717) is 18.6 Å². The molecule has 0 bridgehead atoms. The molecular formula is C9H12N2O3. The highest BCUT2D eigenvalue weighted by Gasteiger charge is 2.44. The van der Waals surface area contributed by atoms with E-state index in [4.69, 9.17) is 4.52 Å². The van der Waals surface area contributed by atoms with Crippen LogP contribution in [0.1, 0.15) is 37.9 Å². The first-order valence-corrected chi connectivity index (χ1v) is 4.77. The zero-order chi connectivity index (χ0) is 10.0. The van der Waals surface area contributed by atoms with Crippen molar-refractivity contribution in [3.05, 3.63) is 12.0 Å². The van der Waals surface area contributed by atoms with Crippen LogP contribution in [0.2, 0.25) is 0 Å². The van der Waals surface area contributed by atoms with Crippen molar-refractivity contribution < 1.29 is 14.4 Å². The van der Waals surface area contributed by atoms with Crippen molar-refractivity contribution in [2.24, 2.45) is 0 Å². The maximum atomic E-state index is 11.3. The fraction of sp³-hybridized carbons (Fsp3) is 0.667. The second-order valence-corrected chi connectivity index (χ2v) is 3.73. The van der Waals surface area contributed by atoms with Gasteiger partial charge in [0.15, 0.2) is 5.76 Å². The first-order valence-electron chi connectivity index (χ1n) is 4.77. The molecule has 14 heavy (non-hydrogen) atoms. The van der Waals surface area contributed by atoms with Gasteiger partial charge in [-0.25, -0.2) is 0 Å². The molecule has 0 amide bonds. The average Bonchev–Trinajstić information content (AvgIpc) is 2.72. The molecule has 1 aliphatic carbocycles. The molecule has 0 spiro atoms. The summed E-state index contributed by atoms with van der Waals surface area (Å²) in [4.78, 5) is 11.3. The van der Waals surface area contributed by atoms with E-state index in [-0.39, 0.29) is 0 Å². The van der Waals surface area contributed by atoms with Crippen molar-refractivity contribution in [1.29, 1.82) is 0 Å². The lowest BCUT2D eigenvalue weighted by atomic mass is 9.72. The summed E-state index contributed by atoms with van der Waals surface area (Å²) in [5, 5.41) is 16.1. The van der Waals surface area contributed by atoms with Crippen LogP contribution in [0.15, 0.2) is 10.7 Å². The summed E-state index contributed by atoms with van der Waals surface area (Å²) < 4.78 is 4.90. The van der Waals surface area contributed by atoms with Crippen molar-refractivity contribution in [2.45, 2.75) is 37.5 Å². The number of hydrogen-bond acceptors (Lipinski definition) is 4. The number of carboxylic acids is 1. The summed E-state index contributed by atoms with van der Waals surface area (Å²) in [6.45, 7) is 0. The minimum absolute atomic E-state index is 0.393. The smallest absolute Gasteiger partial charge is 0.317 e. The molecule has 5 heteroatoms. The quantitative estimate of drug-likeness (QED) is 0.772. The Labute approximate surface area is 81.1 Å². The van der Waals surface area contributed by atoms with Crippen LogP contribution >= 0.6 is 0 Å². The first kappa shape index (κ1) is 9.18. The molecule has 76 valence electrons. The first-order chi connectivity index (χ1) is 6.76. The second kappa shape index (κ2) is 3.40. The molecule has 1 heterocycles. The summed E-state index contributed by atoms with van der Waals surface area (Å²) in [7, 11) is 0. The predicted octanol–water partition coefficient (Wildman–Crippen LogP) is 1.36. The lowest BCUT2D eigenvalue weighted by Crippen LogP contribution is -2.37. The van der Waals surface area contributed by atoms with Crippen molar-refractivity contribution in [1.82, 2.24) is 10.4 Å². The van der Waals surface area contributed by atoms with Crippen LogP contribution in [-0.2, 0) is 10.2 Å². The number of nitrogens with zero attached hydrogens (tertiary/aromatic N) is 2. The number of carboxylic acid groups (broad SMARTS) is 1. The second-order valence-electron chi connectivity index (χ2n) is 3.73. The minimum Gasteiger partial charge on any atom is -0.480 e. The monoisotopic (exact) mass is 196 g/mol. The third kappa shape index (κ3) is 1.29. The van der Waals surface area contributed by atoms with Crippen molar-refractivity contribution >= 4 is 5.97 Å². The van der Waals surface area contributed by atoms with Gasteiger partial charge in [0, 0.05) is 5.27 Å². The van der Waals surface area contributed by atoms with Gasteiger partial charge in [0.2, 0.25) is 0 Å². The molecule has 0 atom stereocenters. The highest BCUT2D eigenvalue weighted by molar-refractivity contribution is 5.80. The lowest BCUT2D eigenvalue weighted by Gasteiger charge is -2.29. The summed E-state index contributed by atoms with van der Waals surface area (Å²) in [5.41, 5.74) is -0.873. The summed E-state index contributed by atoms with van der Waals surface area (Å²) in [6, 6.07) is 0. The number of rotatable bonds is 2. The highest BCUT2D eigenvalue weighted by Crippen LogP contribution is 2.39. The maximum absolute atomic E-state index is 11.3. The maximum Gasteiger partial charge on any atom is 0.317 e. The van der Waals surface area contributed by atoms with Crippen LogP contribution in [-0.4, -0.2) is 21.4 Å². The zero-order valence-corrected chi connectivity index (χ0v) is 7.77. The Hall–Kier alpha value is -1.39. The Bertz CT molecular complexity index is 315. The van der Waals surface area contributed by atoms with E-state index in [1.807, 2.05) is 0 Å². The number of aliphatic carboxylic acids is 1. The Morgan fingerprint density at radius 2 is 2.14 bits per heavy atom. The van der Waals surface area contributed by atoms with E-state index in [0.717, 1.165) is 19.3 Å². The Morgan fingerprint density at radius 1 is 1.43 bits per heavy atom. The summed E-state index contributed by atoms with van der Waals surface area (Å²) in [6.07, 6.45) is 5.61. The molecule has 1 N–H and O–H groups in total. The number of aromatic nitrogens is 2. The SMILES string of the molecule is O=C(O)C1(c2cnno2)CCCCC1. The highest BCUT2D eigenvalue weighted by atomic mass is 16.5. The van der Waals surface area contributed by atoms with Crippen molar-refractivity contribution in [3.8, 4) is 0 Å². The molecule has 1 fully saturated rings. The minimum atomic E-state index is -0.873. The Balaban J connectivity index is 2.35. The molecule has 0 saturated heterocycles. The van der Waals surface area contributed by atoms with Gasteiger partial charge < -0.3 is 9.63 Å². The molecule has 5 nitrogen and oxygen atoms in total. The van der Waals surface area contributed by atoms with E-state index in [1.54, 1.807) is 0 Å². The van der Waals surface area contributed by atoms with Gasteiger partial charge >= 0.3 is 5.97 Å². The molecule has 1 aromatic heterocycles. The van der Waals surface area contributed by atoms with Gasteiger partial charge in [-0.2, -0.15) is 0 Å². The molecular weight excluding hydrogens is 184 g/mol. The molecule has 0 unspecified atom stereocenters. The fourth-order valence-corrected chi connectivity index (χ4v) is 2.10. The van der Waals surface area contributed by atoms with Gasteiger partial charge in [-0.1, -0.05) is 19.3 Å². The van der Waals surface area contributed by atoms with E-state index in [1.165, 1.54) is 6.20 Å². The van der Waals surface area contributed by atoms with Crippen LogP contribution in [0.5, 0.6) is 0 Å². The molecule has 2 rings (SSSR count). The number of carbonyl (C=O) groups is 1. The Morgan fingerprint density at radius 3 is 2.64 bits per heavy atom. The molecule has 1 aliphatic rings. The molecule has 0 radical (unpaired) electrons. The van der Waals surface area contributed by atoms with E-state index < -0.39 is 11.4 Å². The van der Waals surface area contributed by atoms with Crippen LogP contribution in [0, 0.1) is 0 Å². The van der Waals surface area contributed by atoms with Gasteiger partial charge in [-0.3, -0.25) is 4.79 Å². The van der Waals surface area contributed by atoms with Crippen LogP contribution in [0.3, 0.4) is 0 Å². The molecule has 0 aliphatic heterocycles. The third-order valence-electron chi connectivity index (χ3n) is 2.95. The van der Waals surface area contributed by atoms with E-state index in [2.05, 4.69) is 10.4 Å². The Kier molecular flexibility index (Phi) is 2.23. The summed E-state index contributed by atoms with van der Waals surface area (Å²) in [5.74, 6) is -0.430. The lowest BCUT2D eigenvalue weighted by molar-refractivity contribution is -0.146. The van der Waals surface area contributed by atoms with Crippen LogP contribution in [0.25, 0.3) is 0 Å². The fourth-order valence-electron chi connectivity index (χ4n) is 2.10. The topological polar surface area (TPSA) is 76.2 Å². The van der Waals surface area contributed by atoms with Gasteiger partial charge in [0.1, 0.15) is 5.41 Å². The standard InChI is InChI=1S/C9H12N2O3/c12-8(13)9(4-2-1-3-5-9)7-6-10-11-14-7/h6H,1-5H2,(H,12,13). The average molecular weight is 196 g/mol. The number of hydrogen-bond donors (Lipinski definition) is 1. The summed E-state index contributed by atoms with van der Waals surface area (Å²) >= 11 is 0. The van der Waals surface area contributed by atoms with Gasteiger partial charge in [-0.15, -0.1) is 5.10 Å². The third-order valence-corrected chi connectivity index (χ3v) is 2.95. The van der Waals surface area contributed by atoms with E-state index >= 15 is 0 Å². The largest absolute Gasteiger partial charge is 0.480 e. The van der Waals surface area contributed by atoms with Crippen molar-refractivity contribution in [2.75, 3.05) is 0 Å². The molecule has 1 aromatic rings. The van der Waals surface area contributed by atoms with Gasteiger partial charge in [0.05, 0.1) is 6.20 Å². The molecule has 0 aromatic carbocycles. The van der Waals surface area contributed by atoms with Crippen LogP contribution < -0.4 is 0 Å². The van der Waals surface area contributed by atoms with Crippen LogP contribution in [0.4, 0.5) is 0 Å². The predicted molar refractivity (Wildman–Crippen MR) is 46.7 cm³/mol. The van der Waals surface area contributed by atoms with Gasteiger partial charge in [0.25, 0.3) is 0 Å². The van der Waals surface area contributed by atoms with Gasteiger partial charge in [-0.05, 0) is 12.8 Å². The van der Waals surface area contributed by atoms with E-state index in [9.17, 15) is 9.90 Å².